The Morgan fingerprint density at radius 2 is 2.12 bits per heavy atom. The molecule has 0 fully saturated rings. The third kappa shape index (κ3) is 2.74. The van der Waals surface area contributed by atoms with Crippen molar-refractivity contribution in [3.8, 4) is 0 Å². The molecule has 0 amide bonds. The molecule has 94 valence electrons. The maximum atomic E-state index is 11.5. The minimum Gasteiger partial charge on any atom is -0.469 e. The summed E-state index contributed by atoms with van der Waals surface area (Å²) in [6, 6.07) is 0. The van der Waals surface area contributed by atoms with Gasteiger partial charge in [0, 0.05) is 12.7 Å². The van der Waals surface area contributed by atoms with Crippen molar-refractivity contribution in [1.29, 1.82) is 0 Å². The molecule has 3 N–H and O–H groups in total. The number of hydrogen-bond donors (Lipinski definition) is 2. The first kappa shape index (κ1) is 13.0. The Balaban J connectivity index is 3.12. The first-order valence-electron chi connectivity index (χ1n) is 4.95. The average molecular weight is 241 g/mol. The first-order chi connectivity index (χ1) is 7.77. The SMILES string of the molecule is COC(=O)C(C)(C)Cn1cc(N)c(=O)[nH]c1=O. The number of nitrogens with one attached hydrogen (secondary N) is 1. The molecule has 0 spiro atoms. The van der Waals surface area contributed by atoms with Crippen LogP contribution in [-0.4, -0.2) is 22.6 Å². The monoisotopic (exact) mass is 241 g/mol. The molecule has 0 atom stereocenters. The van der Waals surface area contributed by atoms with Gasteiger partial charge >= 0.3 is 11.7 Å². The van der Waals surface area contributed by atoms with Crippen molar-refractivity contribution < 1.29 is 9.53 Å². The number of hydrogen-bond acceptors (Lipinski definition) is 5. The van der Waals surface area contributed by atoms with E-state index < -0.39 is 22.6 Å². The maximum absolute atomic E-state index is 11.5. The standard InChI is InChI=1S/C10H15N3O4/c1-10(2,8(15)17-3)5-13-4-6(11)7(14)12-9(13)16/h4H,5,11H2,1-3H3,(H,12,14,16). The number of nitrogens with zero attached hydrogens (tertiary/aromatic N) is 1. The molecule has 0 aliphatic heterocycles. The number of aromatic nitrogens is 2. The molecule has 1 aromatic heterocycles. The normalized spacial score (nSPS) is 11.2. The van der Waals surface area contributed by atoms with Crippen molar-refractivity contribution in [3.05, 3.63) is 27.0 Å². The molecule has 1 aromatic rings. The summed E-state index contributed by atoms with van der Waals surface area (Å²) >= 11 is 0. The summed E-state index contributed by atoms with van der Waals surface area (Å²) in [6.07, 6.45) is 1.21. The zero-order chi connectivity index (χ0) is 13.2. The third-order valence-corrected chi connectivity index (χ3v) is 2.34. The molecule has 0 bridgehead atoms. The van der Waals surface area contributed by atoms with Gasteiger partial charge in [-0.15, -0.1) is 0 Å². The number of H-pyrrole nitrogens is 1. The number of carbonyl (C=O) groups is 1. The van der Waals surface area contributed by atoms with Crippen molar-refractivity contribution in [3.63, 3.8) is 0 Å². The summed E-state index contributed by atoms with van der Waals surface area (Å²) in [6.45, 7) is 3.33. The molecular weight excluding hydrogens is 226 g/mol. The van der Waals surface area contributed by atoms with E-state index in [1.54, 1.807) is 13.8 Å². The van der Waals surface area contributed by atoms with Crippen LogP contribution in [0.25, 0.3) is 0 Å². The van der Waals surface area contributed by atoms with Gasteiger partial charge in [0.15, 0.2) is 0 Å². The molecule has 17 heavy (non-hydrogen) atoms. The summed E-state index contributed by atoms with van der Waals surface area (Å²) in [5.41, 5.74) is 3.19. The number of anilines is 1. The van der Waals surface area contributed by atoms with Gasteiger partial charge in [0.25, 0.3) is 5.56 Å². The number of carbonyl (C=O) groups excluding carboxylic acids is 1. The number of aromatic amines is 1. The van der Waals surface area contributed by atoms with E-state index in [-0.39, 0.29) is 12.2 Å². The quantitative estimate of drug-likeness (QED) is 0.681. The van der Waals surface area contributed by atoms with Crippen molar-refractivity contribution in [2.24, 2.45) is 5.41 Å². The number of esters is 1. The van der Waals surface area contributed by atoms with Crippen molar-refractivity contribution in [2.75, 3.05) is 12.8 Å². The molecule has 1 heterocycles. The van der Waals surface area contributed by atoms with Gasteiger partial charge in [0.05, 0.1) is 12.5 Å². The lowest BCUT2D eigenvalue weighted by atomic mass is 9.93. The molecule has 7 heteroatoms. The molecule has 0 radical (unpaired) electrons. The van der Waals surface area contributed by atoms with Crippen molar-refractivity contribution in [2.45, 2.75) is 20.4 Å². The van der Waals surface area contributed by atoms with Gasteiger partial charge in [-0.05, 0) is 13.8 Å². The molecule has 0 saturated heterocycles. The van der Waals surface area contributed by atoms with Crippen LogP contribution in [-0.2, 0) is 16.1 Å². The Morgan fingerprint density at radius 3 is 2.65 bits per heavy atom. The van der Waals surface area contributed by atoms with E-state index in [1.807, 2.05) is 0 Å². The van der Waals surface area contributed by atoms with Crippen LogP contribution in [0.5, 0.6) is 0 Å². The molecule has 0 saturated carbocycles. The minimum atomic E-state index is -0.886. The molecule has 0 aliphatic carbocycles. The fraction of sp³-hybridized carbons (Fsp3) is 0.500. The second-order valence-corrected chi connectivity index (χ2v) is 4.35. The van der Waals surface area contributed by atoms with E-state index in [0.29, 0.717) is 0 Å². The summed E-state index contributed by atoms with van der Waals surface area (Å²) < 4.78 is 5.80. The molecule has 7 nitrogen and oxygen atoms in total. The van der Waals surface area contributed by atoms with Crippen LogP contribution in [0.15, 0.2) is 15.8 Å². The van der Waals surface area contributed by atoms with Gasteiger partial charge in [0.2, 0.25) is 0 Å². The van der Waals surface area contributed by atoms with Gasteiger partial charge in [-0.2, -0.15) is 0 Å². The predicted octanol–water partition coefficient (Wildman–Crippen LogP) is -0.682. The number of rotatable bonds is 3. The largest absolute Gasteiger partial charge is 0.469 e. The van der Waals surface area contributed by atoms with E-state index in [1.165, 1.54) is 17.9 Å². The van der Waals surface area contributed by atoms with Crippen LogP contribution in [0.3, 0.4) is 0 Å². The van der Waals surface area contributed by atoms with Gasteiger partial charge in [0.1, 0.15) is 5.69 Å². The highest BCUT2D eigenvalue weighted by atomic mass is 16.5. The van der Waals surface area contributed by atoms with Crippen molar-refractivity contribution in [1.82, 2.24) is 9.55 Å². The average Bonchev–Trinajstić information content (AvgIpc) is 2.24. The van der Waals surface area contributed by atoms with E-state index in [2.05, 4.69) is 9.72 Å². The van der Waals surface area contributed by atoms with E-state index in [4.69, 9.17) is 5.73 Å². The fourth-order valence-electron chi connectivity index (χ4n) is 1.41. The highest BCUT2D eigenvalue weighted by Gasteiger charge is 2.29. The lowest BCUT2D eigenvalue weighted by Crippen LogP contribution is -2.38. The second kappa shape index (κ2) is 4.44. The zero-order valence-electron chi connectivity index (χ0n) is 9.94. The van der Waals surface area contributed by atoms with Gasteiger partial charge in [-0.1, -0.05) is 0 Å². The smallest absolute Gasteiger partial charge is 0.328 e. The lowest BCUT2D eigenvalue weighted by molar-refractivity contribution is -0.151. The Morgan fingerprint density at radius 1 is 1.53 bits per heavy atom. The molecule has 0 aromatic carbocycles. The summed E-state index contributed by atoms with van der Waals surface area (Å²) in [5.74, 6) is -0.450. The summed E-state index contributed by atoms with van der Waals surface area (Å²) in [7, 11) is 1.27. The van der Waals surface area contributed by atoms with E-state index in [9.17, 15) is 14.4 Å². The Kier molecular flexibility index (Phi) is 3.40. The Bertz CT molecular complexity index is 541. The highest BCUT2D eigenvalue weighted by molar-refractivity contribution is 5.75. The lowest BCUT2D eigenvalue weighted by Gasteiger charge is -2.22. The third-order valence-electron chi connectivity index (χ3n) is 2.34. The zero-order valence-corrected chi connectivity index (χ0v) is 9.94. The number of nitrogen functional groups attached to an aromatic ring is 1. The van der Waals surface area contributed by atoms with E-state index >= 15 is 0 Å². The van der Waals surface area contributed by atoms with E-state index in [0.717, 1.165) is 0 Å². The summed E-state index contributed by atoms with van der Waals surface area (Å²) in [4.78, 5) is 36.1. The number of methoxy groups -OCH3 is 1. The van der Waals surface area contributed by atoms with Crippen LogP contribution >= 0.6 is 0 Å². The van der Waals surface area contributed by atoms with Crippen LogP contribution in [0.2, 0.25) is 0 Å². The molecular formula is C10H15N3O4. The first-order valence-corrected chi connectivity index (χ1v) is 4.95. The van der Waals surface area contributed by atoms with Gasteiger partial charge in [-0.25, -0.2) is 4.79 Å². The molecule has 1 rings (SSSR count). The molecule has 0 unspecified atom stereocenters. The maximum Gasteiger partial charge on any atom is 0.328 e. The second-order valence-electron chi connectivity index (χ2n) is 4.35. The minimum absolute atomic E-state index is 0.0689. The highest BCUT2D eigenvalue weighted by Crippen LogP contribution is 2.18. The van der Waals surface area contributed by atoms with Gasteiger partial charge < -0.3 is 10.5 Å². The molecule has 0 aliphatic rings. The van der Waals surface area contributed by atoms with Crippen LogP contribution in [0.4, 0.5) is 5.69 Å². The Hall–Kier alpha value is -2.05. The predicted molar refractivity (Wildman–Crippen MR) is 61.5 cm³/mol. The fourth-order valence-corrected chi connectivity index (χ4v) is 1.41. The topological polar surface area (TPSA) is 107 Å². The number of nitrogens with two attached hydrogens (primary N) is 1. The summed E-state index contributed by atoms with van der Waals surface area (Å²) in [5, 5.41) is 0. The van der Waals surface area contributed by atoms with Crippen LogP contribution in [0, 0.1) is 5.41 Å². The number of ether oxygens (including phenoxy) is 1. The van der Waals surface area contributed by atoms with Gasteiger partial charge in [-0.3, -0.25) is 19.1 Å². The van der Waals surface area contributed by atoms with Crippen molar-refractivity contribution >= 4 is 11.7 Å². The van der Waals surface area contributed by atoms with Crippen LogP contribution < -0.4 is 17.0 Å². The van der Waals surface area contributed by atoms with Crippen LogP contribution in [0.1, 0.15) is 13.8 Å². The Labute approximate surface area is 97.2 Å².